The molecule has 0 atom stereocenters. The minimum atomic E-state index is -0.210. The molecule has 11 aromatic rings. The van der Waals surface area contributed by atoms with Gasteiger partial charge >= 0.3 is 0 Å². The largest absolute Gasteiger partial charge is 0.310 e. The fourth-order valence-corrected chi connectivity index (χ4v) is 14.9. The molecule has 0 bridgehead atoms. The van der Waals surface area contributed by atoms with Gasteiger partial charge in [-0.3, -0.25) is 0 Å². The van der Waals surface area contributed by atoms with Gasteiger partial charge in [0.1, 0.15) is 0 Å². The quantitative estimate of drug-likeness (QED) is 0.169. The van der Waals surface area contributed by atoms with Gasteiger partial charge in [0.05, 0.1) is 22.7 Å². The van der Waals surface area contributed by atoms with Crippen molar-refractivity contribution < 1.29 is 0 Å². The van der Waals surface area contributed by atoms with E-state index in [-0.39, 0.29) is 27.1 Å². The molecule has 0 spiro atoms. The first kappa shape index (κ1) is 50.3. The van der Waals surface area contributed by atoms with E-state index in [9.17, 15) is 0 Å². The normalized spacial score (nSPS) is 16.1. The molecule has 2 heteroatoms. The zero-order valence-electron chi connectivity index (χ0n) is 49.3. The first-order valence-electron chi connectivity index (χ1n) is 29.6. The molecule has 0 saturated carbocycles. The molecule has 400 valence electrons. The number of hydrogen-bond donors (Lipinski definition) is 0. The van der Waals surface area contributed by atoms with E-state index in [2.05, 4.69) is 310 Å². The van der Waals surface area contributed by atoms with E-state index in [1.807, 2.05) is 0 Å². The van der Waals surface area contributed by atoms with Gasteiger partial charge in [0, 0.05) is 33.0 Å². The molecule has 0 N–H and O–H groups in total. The summed E-state index contributed by atoms with van der Waals surface area (Å²) in [6.45, 7) is 26.1. The monoisotopic (exact) mass is 1060 g/mol. The lowest BCUT2D eigenvalue weighted by Gasteiger charge is -2.43. The zero-order valence-corrected chi connectivity index (χ0v) is 49.3. The molecule has 82 heavy (non-hydrogen) atoms. The van der Waals surface area contributed by atoms with Crippen molar-refractivity contribution in [2.45, 2.75) is 103 Å². The van der Waals surface area contributed by atoms with E-state index in [1.165, 1.54) is 151 Å². The van der Waals surface area contributed by atoms with E-state index >= 15 is 0 Å². The molecule has 2 nitrogen and oxygen atoms in total. The number of nitrogens with zero attached hydrogens (tertiary/aromatic N) is 2. The van der Waals surface area contributed by atoms with Crippen LogP contribution in [0.3, 0.4) is 0 Å². The van der Waals surface area contributed by atoms with E-state index in [1.54, 1.807) is 0 Å². The highest BCUT2D eigenvalue weighted by atomic mass is 15.2. The smallest absolute Gasteiger partial charge is 0.0508 e. The second-order valence-electron chi connectivity index (χ2n) is 27.0. The van der Waals surface area contributed by atoms with Crippen LogP contribution in [0.15, 0.2) is 224 Å². The van der Waals surface area contributed by atoms with Gasteiger partial charge in [0.15, 0.2) is 0 Å². The summed E-state index contributed by atoms with van der Waals surface area (Å²) in [5, 5.41) is 2.51. The average molecular weight is 1060 g/mol. The number of fused-ring (bicyclic) bond motifs is 11. The van der Waals surface area contributed by atoms with Gasteiger partial charge in [-0.25, -0.2) is 0 Å². The minimum Gasteiger partial charge on any atom is -0.310 e. The highest BCUT2D eigenvalue weighted by molar-refractivity contribution is 5.96. The van der Waals surface area contributed by atoms with Gasteiger partial charge in [0.25, 0.3) is 0 Å². The third-order valence-corrected chi connectivity index (χ3v) is 19.8. The molecule has 11 aromatic carbocycles. The summed E-state index contributed by atoms with van der Waals surface area (Å²) in [6, 6.07) is 85.9. The van der Waals surface area contributed by atoms with Crippen LogP contribution in [0.5, 0.6) is 0 Å². The molecule has 4 aliphatic rings. The van der Waals surface area contributed by atoms with E-state index in [0.29, 0.717) is 0 Å². The topological polar surface area (TPSA) is 6.48 Å². The Bertz CT molecular complexity index is 4480. The third kappa shape index (κ3) is 7.32. The van der Waals surface area contributed by atoms with Crippen molar-refractivity contribution in [3.05, 3.63) is 275 Å². The van der Waals surface area contributed by atoms with Crippen LogP contribution >= 0.6 is 0 Å². The number of rotatable bonds is 5. The average Bonchev–Trinajstić information content (AvgIpc) is 1.75. The molecule has 0 unspecified atom stereocenters. The van der Waals surface area contributed by atoms with Crippen molar-refractivity contribution in [3.63, 3.8) is 0 Å². The Morgan fingerprint density at radius 3 is 1.21 bits per heavy atom. The van der Waals surface area contributed by atoms with Gasteiger partial charge < -0.3 is 9.80 Å². The van der Waals surface area contributed by atoms with Crippen LogP contribution in [0.25, 0.3) is 66.4 Å². The molecule has 15 rings (SSSR count). The lowest BCUT2D eigenvalue weighted by molar-refractivity contribution is 0.590. The fraction of sp³-hybridized carbons (Fsp3) is 0.200. The SMILES string of the molecule is CC(C)(C)c1ccc(N2c3ccccc3C(C)(C)c3ccc(-c4ccc(-c5ccc6c(c5)C(C)(C)c5cc(-c7ccc8c(c7)C(C)(C)c7cc9c(cc7-8)C(C)(C)c7ccccc7N9c7ccc8ccccc8c7)ccc5-6)cc4)cc32)cc1. The molecule has 0 amide bonds. The minimum absolute atomic E-state index is 0.0830. The Labute approximate surface area is 485 Å². The zero-order chi connectivity index (χ0) is 56.4. The number of benzene rings is 11. The summed E-state index contributed by atoms with van der Waals surface area (Å²) in [7, 11) is 0. The molecule has 2 aliphatic heterocycles. The number of hydrogen-bond acceptors (Lipinski definition) is 2. The maximum atomic E-state index is 2.54. The Hall–Kier alpha value is -8.72. The second-order valence-corrected chi connectivity index (χ2v) is 27.0. The first-order chi connectivity index (χ1) is 39.3. The predicted molar refractivity (Wildman–Crippen MR) is 348 cm³/mol. The summed E-state index contributed by atoms with van der Waals surface area (Å²) in [4.78, 5) is 5.00. The van der Waals surface area contributed by atoms with E-state index < -0.39 is 0 Å². The van der Waals surface area contributed by atoms with Crippen molar-refractivity contribution in [2.24, 2.45) is 0 Å². The summed E-state index contributed by atoms with van der Waals surface area (Å²) in [6.07, 6.45) is 0. The van der Waals surface area contributed by atoms with Crippen LogP contribution < -0.4 is 9.80 Å². The Morgan fingerprint density at radius 1 is 0.256 bits per heavy atom. The summed E-state index contributed by atoms with van der Waals surface area (Å²) >= 11 is 0. The fourth-order valence-electron chi connectivity index (χ4n) is 14.9. The van der Waals surface area contributed by atoms with Crippen LogP contribution in [-0.2, 0) is 27.1 Å². The Kier molecular flexibility index (Phi) is 10.7. The molecular weight excluding hydrogens is 989 g/mol. The van der Waals surface area contributed by atoms with Crippen molar-refractivity contribution in [3.8, 4) is 55.6 Å². The number of anilines is 6. The third-order valence-electron chi connectivity index (χ3n) is 19.8. The van der Waals surface area contributed by atoms with Crippen molar-refractivity contribution in [1.82, 2.24) is 0 Å². The van der Waals surface area contributed by atoms with Gasteiger partial charge in [-0.2, -0.15) is 0 Å². The van der Waals surface area contributed by atoms with Crippen LogP contribution in [-0.4, -0.2) is 0 Å². The van der Waals surface area contributed by atoms with Crippen LogP contribution in [0.4, 0.5) is 34.1 Å². The molecular formula is C80H70N2. The Morgan fingerprint density at radius 2 is 0.646 bits per heavy atom. The van der Waals surface area contributed by atoms with Crippen molar-refractivity contribution >= 4 is 44.9 Å². The number of para-hydroxylation sites is 2. The van der Waals surface area contributed by atoms with Gasteiger partial charge in [-0.05, 0) is 195 Å². The van der Waals surface area contributed by atoms with Gasteiger partial charge in [0.2, 0.25) is 0 Å². The van der Waals surface area contributed by atoms with Crippen LogP contribution in [0, 0.1) is 0 Å². The second kappa shape index (κ2) is 17.4. The van der Waals surface area contributed by atoms with Gasteiger partial charge in [-0.1, -0.05) is 228 Å². The Balaban J connectivity index is 0.732. The highest BCUT2D eigenvalue weighted by Crippen LogP contribution is 2.59. The maximum absolute atomic E-state index is 2.54. The highest BCUT2D eigenvalue weighted by Gasteiger charge is 2.44. The summed E-state index contributed by atoms with van der Waals surface area (Å²) in [5.41, 5.74) is 31.8. The lowest BCUT2D eigenvalue weighted by Crippen LogP contribution is -2.31. The van der Waals surface area contributed by atoms with E-state index in [4.69, 9.17) is 0 Å². The van der Waals surface area contributed by atoms with Gasteiger partial charge in [-0.15, -0.1) is 0 Å². The van der Waals surface area contributed by atoms with E-state index in [0.717, 1.165) is 0 Å². The first-order valence-corrected chi connectivity index (χ1v) is 29.6. The molecule has 0 fully saturated rings. The van der Waals surface area contributed by atoms with Crippen molar-refractivity contribution in [2.75, 3.05) is 9.80 Å². The summed E-state index contributed by atoms with van der Waals surface area (Å²) in [5.74, 6) is 0. The standard InChI is InChI=1S/C80H70N2/c1-76(2,3)57-33-36-58(37-34-57)81-72-22-16-14-20-64(72)77(4,5)66-41-32-56(46-74(66)81)51-26-24-50(25-27-51)53-29-38-60-61-39-30-54(44-68(61)79(8,9)67(60)43-53)55-31-40-62-63-47-71-75(48-70(63)80(10,11)69(62)45-55)82(73-23-17-15-21-65(73)78(71,6)7)59-35-28-49-18-12-13-19-52(49)42-59/h12-48H,1-11H3. The predicted octanol–water partition coefficient (Wildman–Crippen LogP) is 22.0. The molecule has 2 aliphatic carbocycles. The van der Waals surface area contributed by atoms with Crippen LogP contribution in [0.2, 0.25) is 0 Å². The molecule has 2 heterocycles. The molecule has 0 radical (unpaired) electrons. The maximum Gasteiger partial charge on any atom is 0.0508 e. The summed E-state index contributed by atoms with van der Waals surface area (Å²) < 4.78 is 0. The lowest BCUT2D eigenvalue weighted by atomic mass is 9.71. The van der Waals surface area contributed by atoms with Crippen LogP contribution in [0.1, 0.15) is 126 Å². The molecule has 0 saturated heterocycles. The molecule has 0 aromatic heterocycles. The van der Waals surface area contributed by atoms with Crippen molar-refractivity contribution in [1.29, 1.82) is 0 Å².